The topological polar surface area (TPSA) is 115 Å². The lowest BCUT2D eigenvalue weighted by molar-refractivity contribution is -0.140. The third-order valence-corrected chi connectivity index (χ3v) is 7.07. The van der Waals surface area contributed by atoms with Gasteiger partial charge in [0.15, 0.2) is 5.76 Å². The predicted molar refractivity (Wildman–Crippen MR) is 120 cm³/mol. The SMILES string of the molecule is O=C(Nc1c(C2CC2)nsc1-c1cc2cc(C3(C(=O)O)CC3)oc2o1)OCc1ccccc1. The molecule has 9 heteroatoms. The summed E-state index contributed by atoms with van der Waals surface area (Å²) >= 11 is 1.25. The lowest BCUT2D eigenvalue weighted by atomic mass is 10.0. The average Bonchev–Trinajstić information content (AvgIpc) is 3.70. The van der Waals surface area contributed by atoms with Gasteiger partial charge in [0.2, 0.25) is 0 Å². The number of fused-ring (bicyclic) bond motifs is 1. The molecule has 2 aliphatic carbocycles. The molecule has 2 N–H and O–H groups in total. The third kappa shape index (κ3) is 3.58. The fourth-order valence-corrected chi connectivity index (χ4v) is 4.83. The molecule has 0 spiro atoms. The Morgan fingerprint density at radius 3 is 2.64 bits per heavy atom. The fraction of sp³-hybridized carbons (Fsp3) is 0.292. The average molecular weight is 464 g/mol. The van der Waals surface area contributed by atoms with Gasteiger partial charge in [-0.1, -0.05) is 30.3 Å². The highest BCUT2D eigenvalue weighted by Crippen LogP contribution is 2.51. The number of hydrogen-bond donors (Lipinski definition) is 2. The fourth-order valence-electron chi connectivity index (χ4n) is 3.97. The second kappa shape index (κ2) is 7.48. The van der Waals surface area contributed by atoms with Crippen LogP contribution in [0.15, 0.2) is 51.3 Å². The first kappa shape index (κ1) is 20.0. The van der Waals surface area contributed by atoms with Gasteiger partial charge in [0.05, 0.1) is 16.8 Å². The Bertz CT molecular complexity index is 1330. The maximum atomic E-state index is 12.5. The van der Waals surface area contributed by atoms with E-state index in [9.17, 15) is 14.7 Å². The molecule has 0 bridgehead atoms. The Morgan fingerprint density at radius 1 is 1.18 bits per heavy atom. The lowest BCUT2D eigenvalue weighted by Gasteiger charge is -2.08. The van der Waals surface area contributed by atoms with Gasteiger partial charge in [0, 0.05) is 5.92 Å². The molecular weight excluding hydrogens is 444 g/mol. The van der Waals surface area contributed by atoms with Crippen molar-refractivity contribution in [3.63, 3.8) is 0 Å². The molecule has 2 fully saturated rings. The molecule has 3 heterocycles. The van der Waals surface area contributed by atoms with Gasteiger partial charge in [-0.3, -0.25) is 10.1 Å². The molecule has 0 aliphatic heterocycles. The Hall–Kier alpha value is -3.59. The largest absolute Gasteiger partial charge is 0.480 e. The van der Waals surface area contributed by atoms with E-state index in [4.69, 9.17) is 13.6 Å². The summed E-state index contributed by atoms with van der Waals surface area (Å²) in [6.07, 6.45) is 2.61. The number of hydrogen-bond acceptors (Lipinski definition) is 7. The minimum atomic E-state index is -0.930. The highest BCUT2D eigenvalue weighted by molar-refractivity contribution is 7.10. The molecule has 6 rings (SSSR count). The number of aliphatic carboxylic acids is 1. The van der Waals surface area contributed by atoms with Crippen molar-refractivity contribution in [2.45, 2.75) is 43.6 Å². The summed E-state index contributed by atoms with van der Waals surface area (Å²) in [5, 5.41) is 13.1. The van der Waals surface area contributed by atoms with Crippen molar-refractivity contribution in [3.8, 4) is 10.6 Å². The van der Waals surface area contributed by atoms with E-state index in [-0.39, 0.29) is 12.4 Å². The van der Waals surface area contributed by atoms with Gasteiger partial charge in [-0.25, -0.2) is 4.79 Å². The zero-order valence-electron chi connectivity index (χ0n) is 17.5. The van der Waals surface area contributed by atoms with E-state index in [0.29, 0.717) is 46.2 Å². The number of ether oxygens (including phenoxy) is 1. The number of nitrogens with zero attached hydrogens (tertiary/aromatic N) is 1. The molecule has 3 aromatic heterocycles. The summed E-state index contributed by atoms with van der Waals surface area (Å²) in [5.74, 6) is 0.635. The van der Waals surface area contributed by atoms with Crippen molar-refractivity contribution < 1.29 is 28.3 Å². The predicted octanol–water partition coefficient (Wildman–Crippen LogP) is 5.89. The third-order valence-electron chi connectivity index (χ3n) is 6.19. The number of benzene rings is 1. The molecule has 33 heavy (non-hydrogen) atoms. The quantitative estimate of drug-likeness (QED) is 0.350. The standard InChI is InChI=1S/C24H20N2O6S/c27-22(28)24(8-9-24)17-11-15-10-16(31-21(15)32-17)20-19(18(26-33-20)14-6-7-14)25-23(29)30-12-13-4-2-1-3-5-13/h1-5,10-11,14H,6-9,12H2,(H,25,29)(H,27,28). The van der Waals surface area contributed by atoms with Gasteiger partial charge in [-0.15, -0.1) is 0 Å². The molecule has 168 valence electrons. The smallest absolute Gasteiger partial charge is 0.412 e. The molecule has 0 atom stereocenters. The van der Waals surface area contributed by atoms with Crippen molar-refractivity contribution in [3.05, 3.63) is 59.5 Å². The van der Waals surface area contributed by atoms with Gasteiger partial charge in [-0.2, -0.15) is 4.37 Å². The maximum Gasteiger partial charge on any atom is 0.412 e. The summed E-state index contributed by atoms with van der Waals surface area (Å²) in [6.45, 7) is 0.167. The lowest BCUT2D eigenvalue weighted by Crippen LogP contribution is -2.18. The molecule has 0 unspecified atom stereocenters. The normalized spacial score (nSPS) is 16.6. The van der Waals surface area contributed by atoms with Gasteiger partial charge in [-0.05, 0) is 54.9 Å². The second-order valence-electron chi connectivity index (χ2n) is 8.58. The van der Waals surface area contributed by atoms with Crippen LogP contribution in [0.5, 0.6) is 0 Å². The number of aromatic nitrogens is 1. The number of carbonyl (C=O) groups excluding carboxylic acids is 1. The number of rotatable bonds is 7. The number of nitrogens with one attached hydrogen (secondary N) is 1. The Balaban J connectivity index is 1.26. The first-order valence-corrected chi connectivity index (χ1v) is 11.6. The highest BCUT2D eigenvalue weighted by Gasteiger charge is 2.55. The molecule has 4 aromatic rings. The van der Waals surface area contributed by atoms with Gasteiger partial charge in [0.1, 0.15) is 22.7 Å². The summed E-state index contributed by atoms with van der Waals surface area (Å²) < 4.78 is 21.6. The monoisotopic (exact) mass is 464 g/mol. The number of anilines is 1. The number of carboxylic acids is 1. The number of carbonyl (C=O) groups is 2. The van der Waals surface area contributed by atoms with Crippen LogP contribution in [-0.2, 0) is 21.6 Å². The molecule has 0 saturated heterocycles. The van der Waals surface area contributed by atoms with Gasteiger partial charge < -0.3 is 18.7 Å². The van der Waals surface area contributed by atoms with Crippen LogP contribution in [0.4, 0.5) is 10.5 Å². The highest BCUT2D eigenvalue weighted by atomic mass is 32.1. The molecule has 1 amide bonds. The van der Waals surface area contributed by atoms with Crippen molar-refractivity contribution >= 4 is 40.4 Å². The van der Waals surface area contributed by atoms with Gasteiger partial charge in [0.25, 0.3) is 5.78 Å². The van der Waals surface area contributed by atoms with Crippen LogP contribution < -0.4 is 5.32 Å². The van der Waals surface area contributed by atoms with Crippen molar-refractivity contribution in [1.82, 2.24) is 4.37 Å². The number of amides is 1. The Morgan fingerprint density at radius 2 is 1.97 bits per heavy atom. The van der Waals surface area contributed by atoms with Crippen LogP contribution in [0.1, 0.15) is 48.6 Å². The molecule has 8 nitrogen and oxygen atoms in total. The van der Waals surface area contributed by atoms with E-state index >= 15 is 0 Å². The molecule has 2 aliphatic rings. The van der Waals surface area contributed by atoms with Crippen LogP contribution in [0.3, 0.4) is 0 Å². The maximum absolute atomic E-state index is 12.5. The molecule has 2 saturated carbocycles. The first-order valence-electron chi connectivity index (χ1n) is 10.8. The van der Waals surface area contributed by atoms with Crippen molar-refractivity contribution in [1.29, 1.82) is 0 Å². The van der Waals surface area contributed by atoms with E-state index < -0.39 is 17.5 Å². The van der Waals surface area contributed by atoms with Crippen LogP contribution >= 0.6 is 11.5 Å². The van der Waals surface area contributed by atoms with Crippen LogP contribution in [-0.4, -0.2) is 21.5 Å². The Kier molecular flexibility index (Phi) is 4.55. The number of furan rings is 2. The molecule has 1 aromatic carbocycles. The Labute approximate surface area is 192 Å². The molecular formula is C24H20N2O6S. The van der Waals surface area contributed by atoms with E-state index in [1.807, 2.05) is 30.3 Å². The summed E-state index contributed by atoms with van der Waals surface area (Å²) in [4.78, 5) is 24.8. The van der Waals surface area contributed by atoms with E-state index in [1.165, 1.54) is 11.5 Å². The first-order chi connectivity index (χ1) is 16.0. The molecule has 0 radical (unpaired) electrons. The summed E-state index contributed by atoms with van der Waals surface area (Å²) in [6, 6.07) is 13.0. The van der Waals surface area contributed by atoms with Crippen molar-refractivity contribution in [2.75, 3.05) is 5.32 Å². The van der Waals surface area contributed by atoms with Crippen molar-refractivity contribution in [2.24, 2.45) is 0 Å². The minimum Gasteiger partial charge on any atom is -0.480 e. The summed E-state index contributed by atoms with van der Waals surface area (Å²) in [5.41, 5.74) is 1.40. The van der Waals surface area contributed by atoms with E-state index in [1.54, 1.807) is 12.1 Å². The van der Waals surface area contributed by atoms with Crippen LogP contribution in [0.2, 0.25) is 0 Å². The summed E-state index contributed by atoms with van der Waals surface area (Å²) in [7, 11) is 0. The second-order valence-corrected chi connectivity index (χ2v) is 9.36. The number of carboxylic acid groups (broad SMARTS) is 1. The van der Waals surface area contributed by atoms with Gasteiger partial charge >= 0.3 is 12.1 Å². The van der Waals surface area contributed by atoms with Crippen LogP contribution in [0, 0.1) is 0 Å². The zero-order valence-corrected chi connectivity index (χ0v) is 18.3. The zero-order chi connectivity index (χ0) is 22.6. The van der Waals surface area contributed by atoms with Crippen LogP contribution in [0.25, 0.3) is 21.8 Å². The van der Waals surface area contributed by atoms with E-state index in [0.717, 1.165) is 24.1 Å². The minimum absolute atomic E-state index is 0.167. The van der Waals surface area contributed by atoms with E-state index in [2.05, 4.69) is 9.69 Å².